The molecule has 0 N–H and O–H groups in total. The number of benzene rings is 4. The molecular weight excluding hydrogens is 484 g/mol. The smallest absolute Gasteiger partial charge is 0.231 e. The van der Waals surface area contributed by atoms with E-state index in [9.17, 15) is 0 Å². The largest absolute Gasteiger partial charge is 0.497 e. The first-order valence-electron chi connectivity index (χ1n) is 11.9. The molecule has 0 bridgehead atoms. The third-order valence-electron chi connectivity index (χ3n) is 5.66. The third-order valence-corrected chi connectivity index (χ3v) is 5.66. The summed E-state index contributed by atoms with van der Waals surface area (Å²) < 4.78 is 31.4. The van der Waals surface area contributed by atoms with Crippen molar-refractivity contribution in [3.63, 3.8) is 0 Å². The molecule has 0 amide bonds. The van der Waals surface area contributed by atoms with Crippen LogP contribution < -0.4 is 28.4 Å². The minimum Gasteiger partial charge on any atom is -0.497 e. The number of hydrogen-bond donors (Lipinski definition) is 0. The molecule has 2 aliphatic heterocycles. The lowest BCUT2D eigenvalue weighted by Gasteiger charge is -1.99. The summed E-state index contributed by atoms with van der Waals surface area (Å²) in [5.41, 5.74) is 3.69. The summed E-state index contributed by atoms with van der Waals surface area (Å²) in [4.78, 5) is 8.80. The monoisotopic (exact) mass is 510 g/mol. The second-order valence-electron chi connectivity index (χ2n) is 8.14. The second-order valence-corrected chi connectivity index (χ2v) is 8.14. The van der Waals surface area contributed by atoms with Gasteiger partial charge >= 0.3 is 0 Å². The van der Waals surface area contributed by atoms with Crippen molar-refractivity contribution in [1.82, 2.24) is 0 Å². The van der Waals surface area contributed by atoms with Crippen LogP contribution in [-0.4, -0.2) is 40.2 Å². The Morgan fingerprint density at radius 2 is 0.921 bits per heavy atom. The van der Waals surface area contributed by atoms with Gasteiger partial charge in [-0.05, 0) is 96.1 Å². The Morgan fingerprint density at radius 3 is 1.32 bits per heavy atom. The van der Waals surface area contributed by atoms with Gasteiger partial charge in [0.05, 0.1) is 25.6 Å². The Bertz CT molecular complexity index is 1320. The molecule has 4 aromatic rings. The fourth-order valence-corrected chi connectivity index (χ4v) is 3.62. The molecule has 6 rings (SSSR count). The van der Waals surface area contributed by atoms with Crippen LogP contribution >= 0.6 is 0 Å². The maximum atomic E-state index is 5.32. The van der Waals surface area contributed by atoms with Crippen LogP contribution in [0.2, 0.25) is 0 Å². The maximum Gasteiger partial charge on any atom is 0.231 e. The predicted octanol–water partition coefficient (Wildman–Crippen LogP) is 6.35. The molecule has 2 heterocycles. The number of methoxy groups -OCH3 is 2. The highest BCUT2D eigenvalue weighted by molar-refractivity contribution is 5.84. The summed E-state index contributed by atoms with van der Waals surface area (Å²) in [6.45, 7) is 0.572. The summed E-state index contributed by atoms with van der Waals surface area (Å²) in [7, 11) is 3.29. The van der Waals surface area contributed by atoms with Gasteiger partial charge in [0.15, 0.2) is 23.0 Å². The number of hydrogen-bond acceptors (Lipinski definition) is 8. The lowest BCUT2D eigenvalue weighted by atomic mass is 10.2. The number of nitrogens with zero attached hydrogens (tertiary/aromatic N) is 2. The molecule has 192 valence electrons. The highest BCUT2D eigenvalue weighted by Gasteiger charge is 2.13. The van der Waals surface area contributed by atoms with Gasteiger partial charge in [-0.25, -0.2) is 0 Å². The van der Waals surface area contributed by atoms with Gasteiger partial charge in [-0.2, -0.15) is 0 Å². The van der Waals surface area contributed by atoms with E-state index in [1.807, 2.05) is 84.9 Å². The molecule has 0 saturated carbocycles. The van der Waals surface area contributed by atoms with E-state index >= 15 is 0 Å². The van der Waals surface area contributed by atoms with Crippen molar-refractivity contribution in [1.29, 1.82) is 0 Å². The summed E-state index contributed by atoms with van der Waals surface area (Å²) in [6.07, 6.45) is 3.59. The molecule has 8 nitrogen and oxygen atoms in total. The zero-order valence-electron chi connectivity index (χ0n) is 21.0. The standard InChI is InChI=1S/2C15H13NO3/c2*1-17-13-5-3-12(4-6-13)16-9-11-2-7-14-15(8-11)19-10-18-14/h2*2-9H,10H2,1H3. The number of rotatable bonds is 6. The van der Waals surface area contributed by atoms with Gasteiger partial charge in [0, 0.05) is 12.4 Å². The average molecular weight is 511 g/mol. The van der Waals surface area contributed by atoms with E-state index in [4.69, 9.17) is 28.4 Å². The van der Waals surface area contributed by atoms with Crippen molar-refractivity contribution >= 4 is 23.8 Å². The molecule has 0 spiro atoms. The Morgan fingerprint density at radius 1 is 0.526 bits per heavy atom. The minimum absolute atomic E-state index is 0.286. The molecule has 0 atom stereocenters. The van der Waals surface area contributed by atoms with Crippen LogP contribution in [0, 0.1) is 0 Å². The summed E-state index contributed by atoms with van der Waals surface area (Å²) >= 11 is 0. The Labute approximate surface area is 220 Å². The molecular formula is C30H26N2O6. The molecule has 2 aliphatic rings. The van der Waals surface area contributed by atoms with Crippen LogP contribution in [-0.2, 0) is 0 Å². The molecule has 0 saturated heterocycles. The van der Waals surface area contributed by atoms with Gasteiger partial charge in [0.2, 0.25) is 13.6 Å². The normalized spacial score (nSPS) is 12.9. The van der Waals surface area contributed by atoms with Crippen molar-refractivity contribution in [2.45, 2.75) is 0 Å². The van der Waals surface area contributed by atoms with E-state index < -0.39 is 0 Å². The average Bonchev–Trinajstić information content (AvgIpc) is 3.65. The van der Waals surface area contributed by atoms with Crippen LogP contribution in [0.25, 0.3) is 0 Å². The molecule has 0 radical (unpaired) electrons. The van der Waals surface area contributed by atoms with Gasteiger partial charge in [0.25, 0.3) is 0 Å². The van der Waals surface area contributed by atoms with E-state index in [1.54, 1.807) is 26.6 Å². The first-order valence-corrected chi connectivity index (χ1v) is 11.9. The minimum atomic E-state index is 0.286. The second kappa shape index (κ2) is 11.8. The maximum absolute atomic E-state index is 5.32. The van der Waals surface area contributed by atoms with Gasteiger partial charge < -0.3 is 28.4 Å². The molecule has 0 aromatic heterocycles. The summed E-state index contributed by atoms with van der Waals surface area (Å²) in [5.74, 6) is 4.73. The zero-order valence-corrected chi connectivity index (χ0v) is 21.0. The van der Waals surface area contributed by atoms with Crippen LogP contribution in [0.4, 0.5) is 11.4 Å². The van der Waals surface area contributed by atoms with Crippen molar-refractivity contribution < 1.29 is 28.4 Å². The molecule has 0 unspecified atom stereocenters. The van der Waals surface area contributed by atoms with E-state index in [0.717, 1.165) is 57.0 Å². The third kappa shape index (κ3) is 6.22. The fraction of sp³-hybridized carbons (Fsp3) is 0.133. The molecule has 38 heavy (non-hydrogen) atoms. The van der Waals surface area contributed by atoms with E-state index in [1.165, 1.54) is 0 Å². The van der Waals surface area contributed by atoms with Gasteiger partial charge in [-0.3, -0.25) is 9.98 Å². The van der Waals surface area contributed by atoms with Crippen LogP contribution in [0.3, 0.4) is 0 Å². The lowest BCUT2D eigenvalue weighted by Crippen LogP contribution is -1.92. The summed E-state index contributed by atoms with van der Waals surface area (Å²) in [6, 6.07) is 26.6. The first kappa shape index (κ1) is 24.7. The topological polar surface area (TPSA) is 80.1 Å². The van der Waals surface area contributed by atoms with Crippen LogP contribution in [0.15, 0.2) is 94.9 Å². The number of ether oxygens (including phenoxy) is 6. The van der Waals surface area contributed by atoms with Crippen molar-refractivity contribution in [3.05, 3.63) is 96.1 Å². The first-order chi connectivity index (χ1) is 18.7. The van der Waals surface area contributed by atoms with Crippen molar-refractivity contribution in [2.24, 2.45) is 9.98 Å². The van der Waals surface area contributed by atoms with Crippen molar-refractivity contribution in [2.75, 3.05) is 27.8 Å². The molecule has 8 heteroatoms. The van der Waals surface area contributed by atoms with Crippen LogP contribution in [0.5, 0.6) is 34.5 Å². The Balaban J connectivity index is 0.000000155. The Hall–Kier alpha value is -4.98. The molecule has 4 aromatic carbocycles. The fourth-order valence-electron chi connectivity index (χ4n) is 3.62. The summed E-state index contributed by atoms with van der Waals surface area (Å²) in [5, 5.41) is 0. The van der Waals surface area contributed by atoms with E-state index in [0.29, 0.717) is 0 Å². The van der Waals surface area contributed by atoms with Gasteiger partial charge in [0.1, 0.15) is 11.5 Å². The quantitative estimate of drug-likeness (QED) is 0.281. The Kier molecular flexibility index (Phi) is 7.69. The van der Waals surface area contributed by atoms with Crippen LogP contribution in [0.1, 0.15) is 11.1 Å². The van der Waals surface area contributed by atoms with E-state index in [2.05, 4.69) is 9.98 Å². The SMILES string of the molecule is COc1ccc(N=Cc2ccc3c(c2)OCO3)cc1.COc1ccc(N=Cc2ccc3c(c2)OCO3)cc1. The molecule has 0 fully saturated rings. The number of aliphatic imine (C=N–C) groups is 2. The van der Waals surface area contributed by atoms with Gasteiger partial charge in [-0.1, -0.05) is 0 Å². The lowest BCUT2D eigenvalue weighted by molar-refractivity contribution is 0.173. The number of fused-ring (bicyclic) bond motifs is 2. The highest BCUT2D eigenvalue weighted by Crippen LogP contribution is 2.33. The van der Waals surface area contributed by atoms with E-state index in [-0.39, 0.29) is 13.6 Å². The predicted molar refractivity (Wildman–Crippen MR) is 146 cm³/mol. The van der Waals surface area contributed by atoms with Crippen molar-refractivity contribution in [3.8, 4) is 34.5 Å². The highest BCUT2D eigenvalue weighted by atomic mass is 16.7. The zero-order chi connectivity index (χ0) is 26.2. The van der Waals surface area contributed by atoms with Gasteiger partial charge in [-0.15, -0.1) is 0 Å². The molecule has 0 aliphatic carbocycles.